The predicted molar refractivity (Wildman–Crippen MR) is 155 cm³/mol. The van der Waals surface area contributed by atoms with Crippen LogP contribution in [0.2, 0.25) is 0 Å². The van der Waals surface area contributed by atoms with Crippen LogP contribution in [-0.4, -0.2) is 23.8 Å². The summed E-state index contributed by atoms with van der Waals surface area (Å²) in [6.07, 6.45) is 1.76. The van der Waals surface area contributed by atoms with Crippen molar-refractivity contribution in [2.24, 2.45) is 4.99 Å². The van der Waals surface area contributed by atoms with E-state index >= 15 is 0 Å². The molecule has 0 spiro atoms. The van der Waals surface area contributed by atoms with Crippen molar-refractivity contribution in [1.82, 2.24) is 4.57 Å². The quantitative estimate of drug-likeness (QED) is 0.266. The SMILES string of the molecule is CCOC(=O)C1=C(C)N=c2s/c(=C\c3ccc(OCc4ccccc4)c(OCC)c3)c(=O)n2[C@H]1c1ccc(F)cc1. The minimum absolute atomic E-state index is 0.170. The maximum absolute atomic E-state index is 13.8. The number of ether oxygens (including phenoxy) is 3. The number of halogens is 1. The average Bonchev–Trinajstić information content (AvgIpc) is 3.27. The van der Waals surface area contributed by atoms with Crippen molar-refractivity contribution >= 4 is 23.4 Å². The van der Waals surface area contributed by atoms with E-state index in [9.17, 15) is 14.0 Å². The summed E-state index contributed by atoms with van der Waals surface area (Å²) >= 11 is 1.22. The number of allylic oxidation sites excluding steroid dienone is 1. The van der Waals surface area contributed by atoms with E-state index in [0.717, 1.165) is 11.1 Å². The molecule has 7 nitrogen and oxygen atoms in total. The van der Waals surface area contributed by atoms with Crippen molar-refractivity contribution in [2.75, 3.05) is 13.2 Å². The summed E-state index contributed by atoms with van der Waals surface area (Å²) in [4.78, 5) is 31.8. The summed E-state index contributed by atoms with van der Waals surface area (Å²) in [6, 6.07) is 20.3. The lowest BCUT2D eigenvalue weighted by Gasteiger charge is -2.24. The van der Waals surface area contributed by atoms with Gasteiger partial charge in [0.25, 0.3) is 5.56 Å². The standard InChI is InChI=1S/C32H29FN2O5S/c1-4-38-26-17-22(11-16-25(26)40-19-21-9-7-6-8-10-21)18-27-30(36)35-29(23-12-14-24(33)15-13-23)28(31(37)39-5-2)20(3)34-32(35)41-27/h6-18,29H,4-5,19H2,1-3H3/b27-18-/t29-/m0/s1. The second-order valence-corrected chi connectivity index (χ2v) is 10.3. The Labute approximate surface area is 240 Å². The van der Waals surface area contributed by atoms with Crippen molar-refractivity contribution in [1.29, 1.82) is 0 Å². The van der Waals surface area contributed by atoms with Crippen LogP contribution in [0.1, 0.15) is 43.5 Å². The van der Waals surface area contributed by atoms with Gasteiger partial charge >= 0.3 is 5.97 Å². The molecule has 0 saturated heterocycles. The maximum atomic E-state index is 13.8. The molecule has 5 rings (SSSR count). The first-order valence-electron chi connectivity index (χ1n) is 13.3. The summed E-state index contributed by atoms with van der Waals surface area (Å²) in [7, 11) is 0. The molecule has 3 aromatic carbocycles. The van der Waals surface area contributed by atoms with Gasteiger partial charge in [0.05, 0.1) is 35.1 Å². The molecule has 0 amide bonds. The van der Waals surface area contributed by atoms with E-state index in [1.165, 1.54) is 28.0 Å². The lowest BCUT2D eigenvalue weighted by Crippen LogP contribution is -2.39. The number of rotatable bonds is 9. The van der Waals surface area contributed by atoms with Crippen molar-refractivity contribution in [3.63, 3.8) is 0 Å². The zero-order valence-corrected chi connectivity index (χ0v) is 23.7. The van der Waals surface area contributed by atoms with Crippen LogP contribution < -0.4 is 24.4 Å². The molecule has 1 atom stereocenters. The van der Waals surface area contributed by atoms with Gasteiger partial charge in [-0.3, -0.25) is 9.36 Å². The van der Waals surface area contributed by atoms with E-state index < -0.39 is 17.8 Å². The van der Waals surface area contributed by atoms with E-state index in [4.69, 9.17) is 14.2 Å². The number of benzene rings is 3. The lowest BCUT2D eigenvalue weighted by molar-refractivity contribution is -0.139. The second kappa shape index (κ2) is 12.3. The van der Waals surface area contributed by atoms with Crippen LogP contribution in [0, 0.1) is 5.82 Å². The van der Waals surface area contributed by atoms with E-state index in [0.29, 0.717) is 45.3 Å². The fraction of sp³-hybridized carbons (Fsp3) is 0.219. The molecule has 41 heavy (non-hydrogen) atoms. The molecule has 4 aromatic rings. The zero-order valence-electron chi connectivity index (χ0n) is 22.9. The average molecular weight is 573 g/mol. The van der Waals surface area contributed by atoms with Gasteiger partial charge in [0.2, 0.25) is 0 Å². The molecule has 1 aliphatic heterocycles. The summed E-state index contributed by atoms with van der Waals surface area (Å²) < 4.78 is 32.8. The molecule has 2 heterocycles. The summed E-state index contributed by atoms with van der Waals surface area (Å²) in [6.45, 7) is 6.33. The molecule has 1 aliphatic rings. The van der Waals surface area contributed by atoms with E-state index in [-0.39, 0.29) is 17.7 Å². The number of carbonyl (C=O) groups is 1. The van der Waals surface area contributed by atoms with Crippen molar-refractivity contribution in [3.8, 4) is 11.5 Å². The van der Waals surface area contributed by atoms with Crippen LogP contribution in [0.4, 0.5) is 4.39 Å². The minimum Gasteiger partial charge on any atom is -0.490 e. The van der Waals surface area contributed by atoms with E-state index in [2.05, 4.69) is 4.99 Å². The third-order valence-corrected chi connectivity index (χ3v) is 7.49. The molecule has 0 fully saturated rings. The highest BCUT2D eigenvalue weighted by Gasteiger charge is 2.33. The van der Waals surface area contributed by atoms with Gasteiger partial charge in [0, 0.05) is 0 Å². The molecular formula is C32H29FN2O5S. The smallest absolute Gasteiger partial charge is 0.338 e. The Morgan fingerprint density at radius 1 is 1.00 bits per heavy atom. The molecule has 0 N–H and O–H groups in total. The Morgan fingerprint density at radius 3 is 2.46 bits per heavy atom. The monoisotopic (exact) mass is 572 g/mol. The fourth-order valence-electron chi connectivity index (χ4n) is 4.64. The van der Waals surface area contributed by atoms with Crippen LogP contribution in [0.5, 0.6) is 11.5 Å². The van der Waals surface area contributed by atoms with Gasteiger partial charge in [-0.2, -0.15) is 0 Å². The number of hydrogen-bond donors (Lipinski definition) is 0. The highest BCUT2D eigenvalue weighted by Crippen LogP contribution is 2.31. The summed E-state index contributed by atoms with van der Waals surface area (Å²) in [5, 5.41) is 0. The minimum atomic E-state index is -0.805. The van der Waals surface area contributed by atoms with Crippen molar-refractivity contribution in [3.05, 3.63) is 126 Å². The van der Waals surface area contributed by atoms with Gasteiger partial charge < -0.3 is 14.2 Å². The first kappa shape index (κ1) is 28.0. The summed E-state index contributed by atoms with van der Waals surface area (Å²) in [5.74, 6) is 0.181. The molecule has 0 radical (unpaired) electrons. The first-order chi connectivity index (χ1) is 19.9. The van der Waals surface area contributed by atoms with Gasteiger partial charge in [-0.05, 0) is 67.8 Å². The number of carbonyl (C=O) groups excluding carboxylic acids is 1. The van der Waals surface area contributed by atoms with Crippen molar-refractivity contribution in [2.45, 2.75) is 33.4 Å². The largest absolute Gasteiger partial charge is 0.490 e. The Kier molecular flexibility index (Phi) is 8.45. The molecule has 1 aromatic heterocycles. The Hall–Kier alpha value is -4.50. The van der Waals surface area contributed by atoms with Crippen LogP contribution in [-0.2, 0) is 16.1 Å². The number of nitrogens with zero attached hydrogens (tertiary/aromatic N) is 2. The predicted octanol–water partition coefficient (Wildman–Crippen LogP) is 4.92. The molecule has 0 saturated carbocycles. The Morgan fingerprint density at radius 2 is 1.76 bits per heavy atom. The number of fused-ring (bicyclic) bond motifs is 1. The normalized spacial score (nSPS) is 14.8. The first-order valence-corrected chi connectivity index (χ1v) is 14.1. The van der Waals surface area contributed by atoms with Crippen molar-refractivity contribution < 1.29 is 23.4 Å². The number of esters is 1. The third-order valence-electron chi connectivity index (χ3n) is 6.51. The Bertz CT molecular complexity index is 1780. The number of thiazole rings is 1. The highest BCUT2D eigenvalue weighted by atomic mass is 32.1. The summed E-state index contributed by atoms with van der Waals surface area (Å²) in [5.41, 5.74) is 2.73. The Balaban J connectivity index is 1.56. The second-order valence-electron chi connectivity index (χ2n) is 9.27. The molecule has 210 valence electrons. The molecule has 0 unspecified atom stereocenters. The number of hydrogen-bond acceptors (Lipinski definition) is 7. The van der Waals surface area contributed by atoms with Gasteiger partial charge in [0.1, 0.15) is 12.4 Å². The maximum Gasteiger partial charge on any atom is 0.338 e. The lowest BCUT2D eigenvalue weighted by atomic mass is 9.96. The topological polar surface area (TPSA) is 79.1 Å². The van der Waals surface area contributed by atoms with Crippen LogP contribution in [0.3, 0.4) is 0 Å². The van der Waals surface area contributed by atoms with Crippen LogP contribution >= 0.6 is 11.3 Å². The van der Waals surface area contributed by atoms with E-state index in [1.54, 1.807) is 32.1 Å². The molecular weight excluding hydrogens is 543 g/mol. The van der Waals surface area contributed by atoms with E-state index in [1.807, 2.05) is 55.5 Å². The van der Waals surface area contributed by atoms with Gasteiger partial charge in [-0.15, -0.1) is 0 Å². The zero-order chi connectivity index (χ0) is 28.9. The van der Waals surface area contributed by atoms with Crippen LogP contribution in [0.25, 0.3) is 6.08 Å². The van der Waals surface area contributed by atoms with Gasteiger partial charge in [-0.25, -0.2) is 14.2 Å². The molecule has 0 aliphatic carbocycles. The number of aromatic nitrogens is 1. The third kappa shape index (κ3) is 6.00. The molecule has 9 heteroatoms. The highest BCUT2D eigenvalue weighted by molar-refractivity contribution is 7.07. The fourth-order valence-corrected chi connectivity index (χ4v) is 5.69. The van der Waals surface area contributed by atoms with Crippen LogP contribution in [0.15, 0.2) is 93.9 Å². The van der Waals surface area contributed by atoms with Gasteiger partial charge in [-0.1, -0.05) is 59.9 Å². The molecule has 0 bridgehead atoms. The van der Waals surface area contributed by atoms with Gasteiger partial charge in [0.15, 0.2) is 16.3 Å².